The summed E-state index contributed by atoms with van der Waals surface area (Å²) in [6, 6.07) is 15.0. The first-order valence-corrected chi connectivity index (χ1v) is 10.6. The van der Waals surface area contributed by atoms with E-state index >= 15 is 0 Å². The lowest BCUT2D eigenvalue weighted by Crippen LogP contribution is -2.28. The van der Waals surface area contributed by atoms with Gasteiger partial charge in [-0.2, -0.15) is 0 Å². The van der Waals surface area contributed by atoms with Gasteiger partial charge in [0.05, 0.1) is 7.11 Å². The van der Waals surface area contributed by atoms with Gasteiger partial charge in [-0.25, -0.2) is 14.6 Å². The van der Waals surface area contributed by atoms with Gasteiger partial charge in [0, 0.05) is 6.08 Å². The molecule has 0 radical (unpaired) electrons. The minimum absolute atomic E-state index is 0.238. The summed E-state index contributed by atoms with van der Waals surface area (Å²) in [5.41, 5.74) is 2.76. The number of hydrogen-bond donors (Lipinski definition) is 1. The summed E-state index contributed by atoms with van der Waals surface area (Å²) in [4.78, 5) is 27.0. The molecule has 1 amide bonds. The summed E-state index contributed by atoms with van der Waals surface area (Å²) in [5.74, 6) is 1.18. The van der Waals surface area contributed by atoms with Gasteiger partial charge in [0.1, 0.15) is 24.6 Å². The first kappa shape index (κ1) is 22.1. The molecule has 1 N–H and O–H groups in total. The maximum absolute atomic E-state index is 11.5. The maximum atomic E-state index is 11.5. The van der Waals surface area contributed by atoms with Crippen LogP contribution in [-0.2, 0) is 22.6 Å². The van der Waals surface area contributed by atoms with E-state index in [-0.39, 0.29) is 6.61 Å². The molecule has 33 heavy (non-hydrogen) atoms. The number of nitrogens with zero attached hydrogens (tertiary/aromatic N) is 1. The molecule has 2 heterocycles. The van der Waals surface area contributed by atoms with Crippen LogP contribution in [0.2, 0.25) is 0 Å². The molecule has 0 bridgehead atoms. The van der Waals surface area contributed by atoms with Gasteiger partial charge in [-0.15, -0.1) is 0 Å². The Balaban J connectivity index is 1.29. The predicted molar refractivity (Wildman–Crippen MR) is 121 cm³/mol. The summed E-state index contributed by atoms with van der Waals surface area (Å²) in [5, 5.41) is 2.50. The van der Waals surface area contributed by atoms with Gasteiger partial charge in [0.15, 0.2) is 11.5 Å². The van der Waals surface area contributed by atoms with E-state index < -0.39 is 18.1 Å². The third-order valence-electron chi connectivity index (χ3n) is 5.12. The molecule has 4 rings (SSSR count). The third-order valence-corrected chi connectivity index (χ3v) is 5.12. The summed E-state index contributed by atoms with van der Waals surface area (Å²) in [6.07, 6.45) is 6.57. The first-order chi connectivity index (χ1) is 16.1. The number of amides is 1. The van der Waals surface area contributed by atoms with E-state index in [2.05, 4.69) is 15.0 Å². The highest BCUT2D eigenvalue weighted by atomic mass is 16.6. The minimum atomic E-state index is -0.681. The zero-order chi connectivity index (χ0) is 23.0. The van der Waals surface area contributed by atoms with Crippen molar-refractivity contribution < 1.29 is 28.2 Å². The van der Waals surface area contributed by atoms with Crippen molar-refractivity contribution in [2.45, 2.75) is 31.9 Å². The number of rotatable bonds is 10. The van der Waals surface area contributed by atoms with E-state index in [4.69, 9.17) is 13.9 Å². The quantitative estimate of drug-likeness (QED) is 0.363. The zero-order valence-corrected chi connectivity index (χ0v) is 18.2. The van der Waals surface area contributed by atoms with Gasteiger partial charge < -0.3 is 23.9 Å². The van der Waals surface area contributed by atoms with Gasteiger partial charge in [0.2, 0.25) is 5.89 Å². The highest BCUT2D eigenvalue weighted by molar-refractivity contribution is 5.95. The molecule has 1 unspecified atom stereocenters. The number of benzene rings is 2. The smallest absolute Gasteiger partial charge is 0.415 e. The highest BCUT2D eigenvalue weighted by Gasteiger charge is 2.31. The lowest BCUT2D eigenvalue weighted by molar-refractivity contribution is -0.135. The van der Waals surface area contributed by atoms with Crippen molar-refractivity contribution in [3.63, 3.8) is 0 Å². The number of aryl methyl sites for hydroxylation is 1. The van der Waals surface area contributed by atoms with Crippen LogP contribution in [0, 0.1) is 0 Å². The summed E-state index contributed by atoms with van der Waals surface area (Å²) >= 11 is 0. The third kappa shape index (κ3) is 6.00. The Morgan fingerprint density at radius 1 is 1.09 bits per heavy atom. The Bertz CT molecular complexity index is 1140. The fourth-order valence-corrected chi connectivity index (χ4v) is 3.43. The molecule has 1 atom stereocenters. The van der Waals surface area contributed by atoms with Crippen LogP contribution in [0.25, 0.3) is 12.2 Å². The van der Waals surface area contributed by atoms with Crippen molar-refractivity contribution in [2.24, 2.45) is 0 Å². The highest BCUT2D eigenvalue weighted by Crippen LogP contribution is 2.29. The number of alkyl carbamates (subject to hydrolysis) is 1. The Hall–Kier alpha value is -4.07. The molecule has 170 valence electrons. The average Bonchev–Trinajstić information content (AvgIpc) is 3.42. The van der Waals surface area contributed by atoms with E-state index in [1.165, 1.54) is 0 Å². The number of carbonyl (C=O) groups excluding carboxylic acids is 2. The fourth-order valence-electron chi connectivity index (χ4n) is 3.43. The maximum Gasteiger partial charge on any atom is 0.415 e. The molecule has 0 spiro atoms. The van der Waals surface area contributed by atoms with Gasteiger partial charge in [-0.3, -0.25) is 0 Å². The Labute approximate surface area is 191 Å². The van der Waals surface area contributed by atoms with Crippen LogP contribution in [0.3, 0.4) is 0 Å². The lowest BCUT2D eigenvalue weighted by Gasteiger charge is -2.12. The van der Waals surface area contributed by atoms with Gasteiger partial charge in [-0.05, 0) is 48.6 Å². The number of oxazole rings is 1. The van der Waals surface area contributed by atoms with Gasteiger partial charge >= 0.3 is 12.1 Å². The van der Waals surface area contributed by atoms with Crippen LogP contribution in [0.1, 0.15) is 35.6 Å². The number of aromatic nitrogens is 1. The van der Waals surface area contributed by atoms with E-state index in [9.17, 15) is 9.59 Å². The topological polar surface area (TPSA) is 99.9 Å². The standard InChI is InChI=1S/C25H24N2O6/c1-30-22-14-18(8-5-9-20-24(28)33-25(29)27-20)10-12-21(22)31-15-19-16-32-23(26-19)13-11-17-6-3-2-4-7-17/h2-4,6-7,10-14,16,20H,5,8-9,15H2,1H3,(H,27,29). The van der Waals surface area contributed by atoms with E-state index in [1.807, 2.05) is 60.7 Å². The van der Waals surface area contributed by atoms with E-state index in [0.717, 1.165) is 17.5 Å². The number of cyclic esters (lactones) is 2. The molecule has 1 fully saturated rings. The number of hydrogen-bond acceptors (Lipinski definition) is 7. The molecule has 0 aliphatic carbocycles. The van der Waals surface area contributed by atoms with Crippen molar-refractivity contribution in [1.29, 1.82) is 0 Å². The summed E-state index contributed by atoms with van der Waals surface area (Å²) < 4.78 is 21.3. The van der Waals surface area contributed by atoms with Gasteiger partial charge in [0.25, 0.3) is 0 Å². The number of esters is 1. The van der Waals surface area contributed by atoms with E-state index in [0.29, 0.717) is 35.9 Å². The molecule has 1 aromatic heterocycles. The van der Waals surface area contributed by atoms with Crippen LogP contribution in [-0.4, -0.2) is 30.2 Å². The zero-order valence-electron chi connectivity index (χ0n) is 18.2. The van der Waals surface area contributed by atoms with Gasteiger partial charge in [-0.1, -0.05) is 36.4 Å². The molecule has 8 nitrogen and oxygen atoms in total. The molecule has 3 aromatic rings. The van der Waals surface area contributed by atoms with Crippen molar-refractivity contribution in [1.82, 2.24) is 10.3 Å². The Morgan fingerprint density at radius 2 is 1.94 bits per heavy atom. The molecule has 1 aliphatic heterocycles. The second-order valence-corrected chi connectivity index (χ2v) is 7.49. The molecular formula is C25H24N2O6. The number of carbonyl (C=O) groups is 2. The van der Waals surface area contributed by atoms with Crippen molar-refractivity contribution in [3.05, 3.63) is 77.5 Å². The predicted octanol–water partition coefficient (Wildman–Crippen LogP) is 4.39. The Kier molecular flexibility index (Phi) is 7.04. The fraction of sp³-hybridized carbons (Fsp3) is 0.240. The first-order valence-electron chi connectivity index (χ1n) is 10.6. The lowest BCUT2D eigenvalue weighted by atomic mass is 10.0. The van der Waals surface area contributed by atoms with Crippen LogP contribution in [0.4, 0.5) is 4.79 Å². The SMILES string of the molecule is COc1cc(CCCC2NC(=O)OC2=O)ccc1OCc1coc(C=Cc2ccccc2)n1. The monoisotopic (exact) mass is 448 g/mol. The molecule has 1 saturated heterocycles. The molecule has 0 saturated carbocycles. The Morgan fingerprint density at radius 3 is 2.70 bits per heavy atom. The number of methoxy groups -OCH3 is 1. The van der Waals surface area contributed by atoms with Crippen LogP contribution in [0.15, 0.2) is 59.2 Å². The molecule has 1 aliphatic rings. The second kappa shape index (κ2) is 10.5. The normalized spacial score (nSPS) is 15.5. The van der Waals surface area contributed by atoms with Crippen molar-refractivity contribution in [2.75, 3.05) is 7.11 Å². The van der Waals surface area contributed by atoms with Crippen LogP contribution < -0.4 is 14.8 Å². The van der Waals surface area contributed by atoms with Crippen molar-refractivity contribution >= 4 is 24.2 Å². The molecule has 8 heteroatoms. The van der Waals surface area contributed by atoms with E-state index in [1.54, 1.807) is 13.4 Å². The average molecular weight is 448 g/mol. The summed E-state index contributed by atoms with van der Waals surface area (Å²) in [7, 11) is 1.58. The van der Waals surface area contributed by atoms with Crippen LogP contribution in [0.5, 0.6) is 11.5 Å². The minimum Gasteiger partial charge on any atom is -0.493 e. The number of ether oxygens (including phenoxy) is 3. The van der Waals surface area contributed by atoms with Crippen molar-refractivity contribution in [3.8, 4) is 11.5 Å². The number of nitrogens with one attached hydrogen (secondary N) is 1. The second-order valence-electron chi connectivity index (χ2n) is 7.49. The summed E-state index contributed by atoms with van der Waals surface area (Å²) in [6.45, 7) is 0.238. The molecular weight excluding hydrogens is 424 g/mol. The molecule has 2 aromatic carbocycles. The van der Waals surface area contributed by atoms with Crippen LogP contribution >= 0.6 is 0 Å². The largest absolute Gasteiger partial charge is 0.493 e.